The fourth-order valence-corrected chi connectivity index (χ4v) is 1.58. The zero-order chi connectivity index (χ0) is 9.68. The number of nitrogens with two attached hydrogens (primary N) is 1. The highest BCUT2D eigenvalue weighted by Gasteiger charge is 2.17. The van der Waals surface area contributed by atoms with E-state index < -0.39 is 6.04 Å². The van der Waals surface area contributed by atoms with Crippen LogP contribution >= 0.6 is 11.3 Å². The highest BCUT2D eigenvalue weighted by molar-refractivity contribution is 7.07. The van der Waals surface area contributed by atoms with Crippen LogP contribution in [0.15, 0.2) is 10.9 Å². The van der Waals surface area contributed by atoms with Gasteiger partial charge in [-0.25, -0.2) is 4.98 Å². The number of hydrogen-bond donors (Lipinski definition) is 2. The average molecular weight is 199 g/mol. The molecule has 0 fully saturated rings. The number of thiazole rings is 1. The molecule has 0 saturated heterocycles. The molecular weight excluding hydrogens is 186 g/mol. The van der Waals surface area contributed by atoms with E-state index in [1.165, 1.54) is 11.3 Å². The molecule has 1 atom stereocenters. The summed E-state index contributed by atoms with van der Waals surface area (Å²) in [7, 11) is 0. The van der Waals surface area contributed by atoms with Gasteiger partial charge in [-0.05, 0) is 13.0 Å². The van der Waals surface area contributed by atoms with Crippen molar-refractivity contribution < 1.29 is 4.79 Å². The molecule has 0 aliphatic rings. The molecule has 0 radical (unpaired) electrons. The van der Waals surface area contributed by atoms with E-state index in [9.17, 15) is 4.79 Å². The van der Waals surface area contributed by atoms with Crippen LogP contribution in [0.2, 0.25) is 0 Å². The van der Waals surface area contributed by atoms with Crippen molar-refractivity contribution in [3.63, 3.8) is 0 Å². The molecule has 4 nitrogen and oxygen atoms in total. The average Bonchev–Trinajstić information content (AvgIpc) is 2.57. The predicted octanol–water partition coefficient (Wildman–Crippen LogP) is 0.669. The normalized spacial score (nSPS) is 12.7. The van der Waals surface area contributed by atoms with Gasteiger partial charge >= 0.3 is 0 Å². The zero-order valence-electron chi connectivity index (χ0n) is 7.49. The van der Waals surface area contributed by atoms with Crippen LogP contribution in [0, 0.1) is 0 Å². The molecule has 13 heavy (non-hydrogen) atoms. The molecule has 3 N–H and O–H groups in total. The van der Waals surface area contributed by atoms with Crippen LogP contribution in [-0.2, 0) is 4.79 Å². The Bertz CT molecular complexity index is 260. The summed E-state index contributed by atoms with van der Waals surface area (Å²) in [5.41, 5.74) is 7.64. The second kappa shape index (κ2) is 4.94. The summed E-state index contributed by atoms with van der Waals surface area (Å²) >= 11 is 1.46. The summed E-state index contributed by atoms with van der Waals surface area (Å²) in [6.45, 7) is 2.80. The van der Waals surface area contributed by atoms with Crippen molar-refractivity contribution in [3.05, 3.63) is 16.6 Å². The van der Waals surface area contributed by atoms with Crippen LogP contribution in [0.5, 0.6) is 0 Å². The highest BCUT2D eigenvalue weighted by Crippen LogP contribution is 2.11. The van der Waals surface area contributed by atoms with Crippen molar-refractivity contribution in [2.45, 2.75) is 19.4 Å². The number of primary amides is 1. The van der Waals surface area contributed by atoms with E-state index in [1.54, 1.807) is 5.51 Å². The largest absolute Gasteiger partial charge is 0.368 e. The number of carbonyl (C=O) groups is 1. The van der Waals surface area contributed by atoms with Crippen LogP contribution in [0.3, 0.4) is 0 Å². The molecule has 0 bridgehead atoms. The fraction of sp³-hybridized carbons (Fsp3) is 0.500. The third kappa shape index (κ3) is 2.78. The van der Waals surface area contributed by atoms with Gasteiger partial charge in [0.05, 0.1) is 11.2 Å². The minimum Gasteiger partial charge on any atom is -0.368 e. The lowest BCUT2D eigenvalue weighted by Gasteiger charge is -2.11. The summed E-state index contributed by atoms with van der Waals surface area (Å²) in [6.07, 6.45) is 0.966. The van der Waals surface area contributed by atoms with E-state index >= 15 is 0 Å². The van der Waals surface area contributed by atoms with Gasteiger partial charge in [0.15, 0.2) is 0 Å². The maximum atomic E-state index is 11.0. The predicted molar refractivity (Wildman–Crippen MR) is 52.3 cm³/mol. The number of amides is 1. The Balaban J connectivity index is 2.63. The molecule has 72 valence electrons. The number of rotatable bonds is 5. The Kier molecular flexibility index (Phi) is 3.85. The minimum atomic E-state index is -0.439. The lowest BCUT2D eigenvalue weighted by atomic mass is 10.2. The monoisotopic (exact) mass is 199 g/mol. The maximum Gasteiger partial charge on any atom is 0.240 e. The molecule has 1 amide bonds. The van der Waals surface area contributed by atoms with Gasteiger partial charge in [0.2, 0.25) is 5.91 Å². The number of nitrogens with one attached hydrogen (secondary N) is 1. The lowest BCUT2D eigenvalue weighted by Crippen LogP contribution is -2.34. The number of nitrogens with zero attached hydrogens (tertiary/aromatic N) is 1. The zero-order valence-corrected chi connectivity index (χ0v) is 8.30. The Morgan fingerprint density at radius 1 is 1.85 bits per heavy atom. The third-order valence-corrected chi connectivity index (χ3v) is 2.23. The molecular formula is C8H13N3OS. The van der Waals surface area contributed by atoms with Gasteiger partial charge < -0.3 is 11.1 Å². The van der Waals surface area contributed by atoms with E-state index in [0.717, 1.165) is 13.0 Å². The Labute approximate surface area is 81.2 Å². The van der Waals surface area contributed by atoms with Crippen LogP contribution in [0.4, 0.5) is 0 Å². The first-order chi connectivity index (χ1) is 6.25. The summed E-state index contributed by atoms with van der Waals surface area (Å²) in [4.78, 5) is 15.1. The molecule has 1 aromatic heterocycles. The lowest BCUT2D eigenvalue weighted by molar-refractivity contribution is -0.120. The van der Waals surface area contributed by atoms with E-state index in [2.05, 4.69) is 10.3 Å². The fourth-order valence-electron chi connectivity index (χ4n) is 1.00. The maximum absolute atomic E-state index is 11.0. The number of carbonyl (C=O) groups excluding carboxylic acids is 1. The number of aromatic nitrogens is 1. The van der Waals surface area contributed by atoms with Crippen molar-refractivity contribution in [1.29, 1.82) is 0 Å². The molecule has 0 saturated carbocycles. The molecule has 1 aromatic rings. The standard InChI is InChI=1S/C8H13N3OS/c1-2-3-10-7(8(9)12)6-4-13-5-11-6/h4-5,7,10H,2-3H2,1H3,(H2,9,12). The van der Waals surface area contributed by atoms with Gasteiger partial charge in [-0.3, -0.25) is 4.79 Å². The minimum absolute atomic E-state index is 0.376. The van der Waals surface area contributed by atoms with E-state index in [0.29, 0.717) is 5.69 Å². The van der Waals surface area contributed by atoms with Crippen LogP contribution in [-0.4, -0.2) is 17.4 Å². The van der Waals surface area contributed by atoms with Crippen molar-refractivity contribution in [1.82, 2.24) is 10.3 Å². The first kappa shape index (κ1) is 10.1. The van der Waals surface area contributed by atoms with Crippen LogP contribution in [0.1, 0.15) is 25.1 Å². The topological polar surface area (TPSA) is 68.0 Å². The molecule has 5 heteroatoms. The molecule has 1 heterocycles. The van der Waals surface area contributed by atoms with Gasteiger partial charge in [-0.15, -0.1) is 11.3 Å². The summed E-state index contributed by atoms with van der Waals surface area (Å²) in [5, 5.41) is 4.87. The Hall–Kier alpha value is -0.940. The Morgan fingerprint density at radius 3 is 3.08 bits per heavy atom. The smallest absolute Gasteiger partial charge is 0.240 e. The van der Waals surface area contributed by atoms with Crippen LogP contribution in [0.25, 0.3) is 0 Å². The van der Waals surface area contributed by atoms with Crippen molar-refractivity contribution in [3.8, 4) is 0 Å². The van der Waals surface area contributed by atoms with E-state index in [-0.39, 0.29) is 5.91 Å². The van der Waals surface area contributed by atoms with Gasteiger partial charge in [0.1, 0.15) is 6.04 Å². The van der Waals surface area contributed by atoms with E-state index in [1.807, 2.05) is 12.3 Å². The van der Waals surface area contributed by atoms with Gasteiger partial charge in [-0.2, -0.15) is 0 Å². The van der Waals surface area contributed by atoms with Crippen molar-refractivity contribution in [2.75, 3.05) is 6.54 Å². The third-order valence-electron chi connectivity index (χ3n) is 1.63. The second-order valence-electron chi connectivity index (χ2n) is 2.70. The highest BCUT2D eigenvalue weighted by atomic mass is 32.1. The summed E-state index contributed by atoms with van der Waals surface area (Å²) in [6, 6.07) is -0.439. The molecule has 1 unspecified atom stereocenters. The molecule has 0 spiro atoms. The van der Waals surface area contributed by atoms with Gasteiger partial charge in [0.25, 0.3) is 0 Å². The molecule has 0 aliphatic carbocycles. The quantitative estimate of drug-likeness (QED) is 0.732. The van der Waals surface area contributed by atoms with Crippen molar-refractivity contribution in [2.24, 2.45) is 5.73 Å². The first-order valence-electron chi connectivity index (χ1n) is 4.16. The molecule has 0 aliphatic heterocycles. The van der Waals surface area contributed by atoms with E-state index in [4.69, 9.17) is 5.73 Å². The Morgan fingerprint density at radius 2 is 2.62 bits per heavy atom. The van der Waals surface area contributed by atoms with Crippen molar-refractivity contribution >= 4 is 17.2 Å². The van der Waals surface area contributed by atoms with Crippen LogP contribution < -0.4 is 11.1 Å². The SMILES string of the molecule is CCCNC(C(N)=O)c1cscn1. The summed E-state index contributed by atoms with van der Waals surface area (Å²) in [5.74, 6) is -0.376. The second-order valence-corrected chi connectivity index (χ2v) is 3.42. The molecule has 1 rings (SSSR count). The molecule has 0 aromatic carbocycles. The van der Waals surface area contributed by atoms with Gasteiger partial charge in [0, 0.05) is 5.38 Å². The van der Waals surface area contributed by atoms with Gasteiger partial charge in [-0.1, -0.05) is 6.92 Å². The summed E-state index contributed by atoms with van der Waals surface area (Å²) < 4.78 is 0. The first-order valence-corrected chi connectivity index (χ1v) is 5.10. The number of hydrogen-bond acceptors (Lipinski definition) is 4.